The van der Waals surface area contributed by atoms with Gasteiger partial charge in [0.05, 0.1) is 18.1 Å². The molecule has 0 saturated heterocycles. The molecular weight excluding hydrogens is 442 g/mol. The largest absolute Gasteiger partial charge is 0.497 e. The van der Waals surface area contributed by atoms with Gasteiger partial charge in [0, 0.05) is 12.6 Å². The molecule has 180 valence electrons. The molecule has 0 aliphatic heterocycles. The van der Waals surface area contributed by atoms with Crippen LogP contribution in [0.2, 0.25) is 0 Å². The molecule has 0 amide bonds. The number of benzene rings is 2. The molecule has 0 atom stereocenters. The normalized spacial score (nSPS) is 18.8. The van der Waals surface area contributed by atoms with Crippen LogP contribution >= 0.6 is 0 Å². The second-order valence-corrected chi connectivity index (χ2v) is 10.1. The first-order valence-corrected chi connectivity index (χ1v) is 12.8. The van der Waals surface area contributed by atoms with E-state index in [1.807, 2.05) is 30.3 Å². The standard InChI is InChI=1S/C25H33NO6S/c1-3-17-31-23-11-9-21(10-12-23)26(18-25(27)32-19-20-7-5-4-6-8-20)33(28,29)24-15-13-22(30-2)14-16-24/h4-8,13-16,21,23H,3,9-12,17-19H2,1-2H3/t21-,23+. The van der Waals surface area contributed by atoms with Gasteiger partial charge >= 0.3 is 5.97 Å². The number of carbonyl (C=O) groups is 1. The Morgan fingerprint density at radius 1 is 1.00 bits per heavy atom. The zero-order valence-corrected chi connectivity index (χ0v) is 20.1. The van der Waals surface area contributed by atoms with Crippen molar-refractivity contribution >= 4 is 16.0 Å². The van der Waals surface area contributed by atoms with Gasteiger partial charge < -0.3 is 14.2 Å². The molecule has 1 fully saturated rings. The van der Waals surface area contributed by atoms with Crippen molar-refractivity contribution in [1.29, 1.82) is 0 Å². The highest BCUT2D eigenvalue weighted by Crippen LogP contribution is 2.30. The molecule has 0 aromatic heterocycles. The van der Waals surface area contributed by atoms with Crippen LogP contribution in [0.3, 0.4) is 0 Å². The Labute approximate surface area is 196 Å². The maximum absolute atomic E-state index is 13.5. The van der Waals surface area contributed by atoms with Crippen LogP contribution in [0.15, 0.2) is 59.5 Å². The number of hydrogen-bond acceptors (Lipinski definition) is 6. The summed E-state index contributed by atoms with van der Waals surface area (Å²) in [6, 6.07) is 15.3. The fourth-order valence-corrected chi connectivity index (χ4v) is 5.62. The van der Waals surface area contributed by atoms with Gasteiger partial charge in [0.15, 0.2) is 0 Å². The molecule has 2 aromatic rings. The highest BCUT2D eigenvalue weighted by molar-refractivity contribution is 7.89. The fraction of sp³-hybridized carbons (Fsp3) is 0.480. The highest BCUT2D eigenvalue weighted by Gasteiger charge is 2.36. The zero-order valence-electron chi connectivity index (χ0n) is 19.3. The summed E-state index contributed by atoms with van der Waals surface area (Å²) in [5.74, 6) is -0.00310. The van der Waals surface area contributed by atoms with Gasteiger partial charge in [-0.25, -0.2) is 8.42 Å². The maximum atomic E-state index is 13.5. The minimum Gasteiger partial charge on any atom is -0.497 e. The predicted octanol–water partition coefficient (Wildman–Crippen LogP) is 4.17. The molecule has 0 radical (unpaired) electrons. The van der Waals surface area contributed by atoms with Crippen molar-refractivity contribution in [3.8, 4) is 5.75 Å². The van der Waals surface area contributed by atoms with E-state index in [9.17, 15) is 13.2 Å². The van der Waals surface area contributed by atoms with Crippen molar-refractivity contribution in [2.24, 2.45) is 0 Å². The van der Waals surface area contributed by atoms with E-state index in [-0.39, 0.29) is 30.2 Å². The van der Waals surface area contributed by atoms with Gasteiger partial charge in [-0.15, -0.1) is 0 Å². The quantitative estimate of drug-likeness (QED) is 0.454. The lowest BCUT2D eigenvalue weighted by Gasteiger charge is -2.35. The molecule has 1 aliphatic rings. The summed E-state index contributed by atoms with van der Waals surface area (Å²) in [6.07, 6.45) is 3.88. The molecule has 8 heteroatoms. The van der Waals surface area contributed by atoms with Crippen LogP contribution in [0.4, 0.5) is 0 Å². The molecule has 0 spiro atoms. The Morgan fingerprint density at radius 2 is 1.67 bits per heavy atom. The summed E-state index contributed by atoms with van der Waals surface area (Å²) in [5, 5.41) is 0. The van der Waals surface area contributed by atoms with Gasteiger partial charge in [-0.3, -0.25) is 4.79 Å². The first-order valence-electron chi connectivity index (χ1n) is 11.4. The summed E-state index contributed by atoms with van der Waals surface area (Å²) in [6.45, 7) is 2.55. The van der Waals surface area contributed by atoms with Crippen LogP contribution in [0.1, 0.15) is 44.6 Å². The molecule has 0 bridgehead atoms. The number of rotatable bonds is 11. The number of nitrogens with zero attached hydrogens (tertiary/aromatic N) is 1. The number of esters is 1. The number of hydrogen-bond donors (Lipinski definition) is 0. The third-order valence-electron chi connectivity index (χ3n) is 5.80. The average molecular weight is 476 g/mol. The molecule has 1 saturated carbocycles. The minimum absolute atomic E-state index is 0.105. The van der Waals surface area contributed by atoms with Gasteiger partial charge in [-0.1, -0.05) is 37.3 Å². The SMILES string of the molecule is CCCO[C@H]1CC[C@@H](N(CC(=O)OCc2ccccc2)S(=O)(=O)c2ccc(OC)cc2)CC1. The molecule has 7 nitrogen and oxygen atoms in total. The summed E-state index contributed by atoms with van der Waals surface area (Å²) >= 11 is 0. The van der Waals surface area contributed by atoms with Gasteiger partial charge in [0.2, 0.25) is 10.0 Å². The van der Waals surface area contributed by atoms with Gasteiger partial charge in [0.25, 0.3) is 0 Å². The first kappa shape index (κ1) is 25.2. The van der Waals surface area contributed by atoms with Crippen molar-refractivity contribution in [3.63, 3.8) is 0 Å². The topological polar surface area (TPSA) is 82.1 Å². The van der Waals surface area contributed by atoms with E-state index < -0.39 is 16.0 Å². The predicted molar refractivity (Wildman–Crippen MR) is 125 cm³/mol. The Kier molecular flexibility index (Phi) is 9.29. The third kappa shape index (κ3) is 7.03. The Bertz CT molecular complexity index is 970. The van der Waals surface area contributed by atoms with Crippen LogP contribution in [-0.4, -0.2) is 51.1 Å². The number of carbonyl (C=O) groups excluding carboxylic acids is 1. The van der Waals surface area contributed by atoms with Crippen molar-refractivity contribution in [1.82, 2.24) is 4.31 Å². The second kappa shape index (κ2) is 12.2. The second-order valence-electron chi connectivity index (χ2n) is 8.17. The summed E-state index contributed by atoms with van der Waals surface area (Å²) in [4.78, 5) is 12.8. The first-order chi connectivity index (χ1) is 15.9. The van der Waals surface area contributed by atoms with Crippen molar-refractivity contribution in [2.75, 3.05) is 20.3 Å². The summed E-state index contributed by atoms with van der Waals surface area (Å²) in [7, 11) is -2.38. The van der Waals surface area contributed by atoms with E-state index in [1.165, 1.54) is 23.5 Å². The van der Waals surface area contributed by atoms with Crippen molar-refractivity contribution in [2.45, 2.75) is 62.7 Å². The van der Waals surface area contributed by atoms with Gasteiger partial charge in [-0.05, 0) is 61.9 Å². The summed E-state index contributed by atoms with van der Waals surface area (Å²) < 4.78 is 44.8. The number of sulfonamides is 1. The lowest BCUT2D eigenvalue weighted by molar-refractivity contribution is -0.145. The average Bonchev–Trinajstić information content (AvgIpc) is 2.85. The van der Waals surface area contributed by atoms with E-state index in [0.29, 0.717) is 25.2 Å². The molecule has 3 rings (SSSR count). The van der Waals surface area contributed by atoms with E-state index in [1.54, 1.807) is 12.1 Å². The monoisotopic (exact) mass is 475 g/mol. The molecule has 2 aromatic carbocycles. The lowest BCUT2D eigenvalue weighted by atomic mass is 9.93. The van der Waals surface area contributed by atoms with Crippen molar-refractivity contribution in [3.05, 3.63) is 60.2 Å². The molecule has 33 heavy (non-hydrogen) atoms. The van der Waals surface area contributed by atoms with Crippen molar-refractivity contribution < 1.29 is 27.4 Å². The summed E-state index contributed by atoms with van der Waals surface area (Å²) in [5.41, 5.74) is 0.851. The van der Waals surface area contributed by atoms with Crippen LogP contribution in [-0.2, 0) is 30.9 Å². The van der Waals surface area contributed by atoms with E-state index >= 15 is 0 Å². The van der Waals surface area contributed by atoms with Gasteiger partial charge in [-0.2, -0.15) is 4.31 Å². The maximum Gasteiger partial charge on any atom is 0.321 e. The molecule has 1 aliphatic carbocycles. The fourth-order valence-electron chi connectivity index (χ4n) is 3.99. The van der Waals surface area contributed by atoms with E-state index in [2.05, 4.69) is 6.92 Å². The molecule has 0 unspecified atom stereocenters. The zero-order chi connectivity index (χ0) is 23.7. The number of ether oxygens (including phenoxy) is 3. The van der Waals surface area contributed by atoms with E-state index in [0.717, 1.165) is 24.8 Å². The number of methoxy groups -OCH3 is 1. The molecular formula is C25H33NO6S. The Hall–Kier alpha value is -2.42. The van der Waals surface area contributed by atoms with Crippen LogP contribution < -0.4 is 4.74 Å². The Balaban J connectivity index is 1.74. The Morgan fingerprint density at radius 3 is 2.27 bits per heavy atom. The molecule has 0 heterocycles. The smallest absolute Gasteiger partial charge is 0.321 e. The third-order valence-corrected chi connectivity index (χ3v) is 7.71. The van der Waals surface area contributed by atoms with Gasteiger partial charge in [0.1, 0.15) is 18.9 Å². The lowest BCUT2D eigenvalue weighted by Crippen LogP contribution is -2.46. The highest BCUT2D eigenvalue weighted by atomic mass is 32.2. The minimum atomic E-state index is -3.90. The van der Waals surface area contributed by atoms with Crippen LogP contribution in [0.25, 0.3) is 0 Å². The van der Waals surface area contributed by atoms with E-state index in [4.69, 9.17) is 14.2 Å². The van der Waals surface area contributed by atoms with Crippen LogP contribution in [0, 0.1) is 0 Å². The van der Waals surface area contributed by atoms with Crippen LogP contribution in [0.5, 0.6) is 5.75 Å². The molecule has 0 N–H and O–H groups in total.